The summed E-state index contributed by atoms with van der Waals surface area (Å²) in [4.78, 5) is 24.5. The molecule has 1 N–H and O–H groups in total. The Kier molecular flexibility index (Phi) is 8.84. The molecule has 0 unspecified atom stereocenters. The number of carbonyl (C=O) groups excluding carboxylic acids is 2. The normalized spacial score (nSPS) is 13.7. The summed E-state index contributed by atoms with van der Waals surface area (Å²) >= 11 is 0. The molecule has 0 aliphatic rings. The van der Waals surface area contributed by atoms with Gasteiger partial charge in [0.25, 0.3) is 5.91 Å². The number of nitriles is 1. The van der Waals surface area contributed by atoms with Crippen LogP contribution in [0, 0.1) is 31.1 Å². The second kappa shape index (κ2) is 11.4. The van der Waals surface area contributed by atoms with E-state index in [1.165, 1.54) is 20.1 Å². The van der Waals surface area contributed by atoms with E-state index in [4.69, 9.17) is 18.7 Å². The molecule has 0 aliphatic carbocycles. The van der Waals surface area contributed by atoms with Gasteiger partial charge in [0, 0.05) is 6.08 Å². The molecule has 1 heterocycles. The molecule has 1 aromatic heterocycles. The second-order valence-electron chi connectivity index (χ2n) is 8.37. The molecule has 0 bridgehead atoms. The van der Waals surface area contributed by atoms with E-state index >= 15 is 0 Å². The van der Waals surface area contributed by atoms with Crippen molar-refractivity contribution in [3.8, 4) is 17.6 Å². The maximum atomic E-state index is 12.3. The summed E-state index contributed by atoms with van der Waals surface area (Å²) in [6.07, 6.45) is 1.70. The molecule has 182 valence electrons. The van der Waals surface area contributed by atoms with Gasteiger partial charge in [-0.05, 0) is 57.4 Å². The number of carbonyl (C=O) groups is 2. The minimum atomic E-state index is -1.06. The van der Waals surface area contributed by atoms with Gasteiger partial charge in [0.2, 0.25) is 0 Å². The van der Waals surface area contributed by atoms with Crippen molar-refractivity contribution in [2.75, 3.05) is 7.11 Å². The molecule has 34 heavy (non-hydrogen) atoms. The fourth-order valence-electron chi connectivity index (χ4n) is 2.86. The van der Waals surface area contributed by atoms with Gasteiger partial charge in [0.1, 0.15) is 17.9 Å². The van der Waals surface area contributed by atoms with Crippen molar-refractivity contribution in [2.24, 2.45) is 5.92 Å². The van der Waals surface area contributed by atoms with Crippen molar-refractivity contribution in [3.63, 3.8) is 0 Å². The summed E-state index contributed by atoms with van der Waals surface area (Å²) in [5.41, 5.74) is 1.25. The first-order valence-electron chi connectivity index (χ1n) is 10.8. The third-order valence-electron chi connectivity index (χ3n) is 5.58. The highest BCUT2D eigenvalue weighted by molar-refractivity contribution is 5.90. The highest BCUT2D eigenvalue weighted by Gasteiger charge is 2.32. The van der Waals surface area contributed by atoms with Crippen LogP contribution in [0.2, 0.25) is 0 Å². The Balaban J connectivity index is 1.99. The molecule has 2 rings (SSSR count). The lowest BCUT2D eigenvalue weighted by Gasteiger charge is -2.28. The summed E-state index contributed by atoms with van der Waals surface area (Å²) in [7, 11) is 1.52. The van der Waals surface area contributed by atoms with Gasteiger partial charge in [0.15, 0.2) is 17.6 Å². The fraction of sp³-hybridized carbons (Fsp3) is 0.440. The number of methoxy groups -OCH3 is 1. The van der Waals surface area contributed by atoms with Crippen molar-refractivity contribution >= 4 is 18.0 Å². The van der Waals surface area contributed by atoms with E-state index < -0.39 is 23.5 Å². The van der Waals surface area contributed by atoms with Crippen molar-refractivity contribution in [1.29, 1.82) is 5.26 Å². The molecule has 0 saturated heterocycles. The number of esters is 1. The molecular formula is C25H31N3O6. The summed E-state index contributed by atoms with van der Waals surface area (Å²) in [5.74, 6) is 0.358. The molecule has 0 spiro atoms. The Hall–Kier alpha value is -3.80. The van der Waals surface area contributed by atoms with Gasteiger partial charge in [0.05, 0.1) is 24.4 Å². The summed E-state index contributed by atoms with van der Waals surface area (Å²) < 4.78 is 21.6. The van der Waals surface area contributed by atoms with Crippen LogP contribution < -0.4 is 14.8 Å². The van der Waals surface area contributed by atoms with Crippen LogP contribution in [-0.2, 0) is 20.9 Å². The second-order valence-corrected chi connectivity index (χ2v) is 8.37. The minimum Gasteiger partial charge on any atom is -0.493 e. The van der Waals surface area contributed by atoms with Crippen LogP contribution in [0.15, 0.2) is 28.8 Å². The average molecular weight is 470 g/mol. The number of aromatic nitrogens is 1. The molecule has 1 aromatic carbocycles. The number of aryl methyl sites for hydroxylation is 2. The van der Waals surface area contributed by atoms with Gasteiger partial charge < -0.3 is 24.1 Å². The number of rotatable bonds is 10. The zero-order valence-corrected chi connectivity index (χ0v) is 20.6. The van der Waals surface area contributed by atoms with E-state index in [9.17, 15) is 14.9 Å². The van der Waals surface area contributed by atoms with E-state index in [0.717, 1.165) is 11.3 Å². The SMILES string of the molecule is COc1cc(/C=C/C(=O)O[C@@H](C)C(=O)N[C@](C)(C#N)C(C)C)ccc1OCc1c(C)noc1C. The number of nitrogens with zero attached hydrogens (tertiary/aromatic N) is 2. The first-order chi connectivity index (χ1) is 16.0. The first kappa shape index (κ1) is 26.5. The van der Waals surface area contributed by atoms with Crippen LogP contribution in [0.4, 0.5) is 0 Å². The van der Waals surface area contributed by atoms with Crippen LogP contribution >= 0.6 is 0 Å². The molecule has 0 saturated carbocycles. The highest BCUT2D eigenvalue weighted by atomic mass is 16.5. The molecule has 9 nitrogen and oxygen atoms in total. The van der Waals surface area contributed by atoms with Gasteiger partial charge in [-0.15, -0.1) is 0 Å². The fourth-order valence-corrected chi connectivity index (χ4v) is 2.86. The molecule has 2 aromatic rings. The Morgan fingerprint density at radius 1 is 1.26 bits per heavy atom. The third kappa shape index (κ3) is 6.61. The van der Waals surface area contributed by atoms with Crippen molar-refractivity contribution in [3.05, 3.63) is 46.9 Å². The molecule has 1 amide bonds. The van der Waals surface area contributed by atoms with Gasteiger partial charge in [-0.3, -0.25) is 4.79 Å². The predicted molar refractivity (Wildman–Crippen MR) is 125 cm³/mol. The van der Waals surface area contributed by atoms with Crippen LogP contribution in [0.5, 0.6) is 11.5 Å². The van der Waals surface area contributed by atoms with Gasteiger partial charge in [-0.25, -0.2) is 4.79 Å². The molecule has 0 aliphatic heterocycles. The van der Waals surface area contributed by atoms with Crippen LogP contribution in [-0.4, -0.2) is 35.8 Å². The van der Waals surface area contributed by atoms with Crippen LogP contribution in [0.1, 0.15) is 50.3 Å². The van der Waals surface area contributed by atoms with E-state index in [1.54, 1.807) is 31.2 Å². The molecule has 0 radical (unpaired) electrons. The number of nitrogens with one attached hydrogen (secondary N) is 1. The standard InChI is InChI=1S/C25H31N3O6/c1-15(2)25(6,14-26)27-24(30)18(5)33-23(29)11-9-19-8-10-21(22(12-19)31-7)32-13-20-16(3)28-34-17(20)4/h8-12,15,18H,13H2,1-7H3,(H,27,30)/b11-9+/t18-,25+/m0/s1. The number of amides is 1. The van der Waals surface area contributed by atoms with Crippen LogP contribution in [0.3, 0.4) is 0 Å². The Morgan fingerprint density at radius 3 is 2.53 bits per heavy atom. The van der Waals surface area contributed by atoms with Gasteiger partial charge >= 0.3 is 5.97 Å². The Bertz CT molecular complexity index is 1080. The maximum absolute atomic E-state index is 12.3. The van der Waals surface area contributed by atoms with E-state index in [1.807, 2.05) is 27.7 Å². The van der Waals surface area contributed by atoms with Crippen molar-refractivity contribution in [2.45, 2.75) is 59.8 Å². The molecule has 0 fully saturated rings. The lowest BCUT2D eigenvalue weighted by molar-refractivity contribution is -0.150. The number of ether oxygens (including phenoxy) is 3. The topological polar surface area (TPSA) is 124 Å². The number of hydrogen-bond donors (Lipinski definition) is 1. The van der Waals surface area contributed by atoms with E-state index in [2.05, 4.69) is 16.5 Å². The molecular weight excluding hydrogens is 438 g/mol. The van der Waals surface area contributed by atoms with Crippen LogP contribution in [0.25, 0.3) is 6.08 Å². The maximum Gasteiger partial charge on any atom is 0.331 e. The first-order valence-corrected chi connectivity index (χ1v) is 10.8. The highest BCUT2D eigenvalue weighted by Crippen LogP contribution is 2.30. The van der Waals surface area contributed by atoms with Gasteiger partial charge in [-0.1, -0.05) is 25.1 Å². The zero-order valence-electron chi connectivity index (χ0n) is 20.6. The largest absolute Gasteiger partial charge is 0.493 e. The molecule has 2 atom stereocenters. The quantitative estimate of drug-likeness (QED) is 0.411. The Morgan fingerprint density at radius 2 is 1.97 bits per heavy atom. The number of hydrogen-bond acceptors (Lipinski definition) is 8. The van der Waals surface area contributed by atoms with E-state index in [-0.39, 0.29) is 12.5 Å². The van der Waals surface area contributed by atoms with Crippen molar-refractivity contribution < 1.29 is 28.3 Å². The predicted octanol–water partition coefficient (Wildman–Crippen LogP) is 3.88. The zero-order chi connectivity index (χ0) is 25.5. The number of benzene rings is 1. The minimum absolute atomic E-state index is 0.115. The molecule has 9 heteroatoms. The van der Waals surface area contributed by atoms with Gasteiger partial charge in [-0.2, -0.15) is 5.26 Å². The lowest BCUT2D eigenvalue weighted by Crippen LogP contribution is -2.52. The average Bonchev–Trinajstić information content (AvgIpc) is 3.13. The van der Waals surface area contributed by atoms with E-state index in [0.29, 0.717) is 22.8 Å². The van der Waals surface area contributed by atoms with Crippen molar-refractivity contribution in [1.82, 2.24) is 10.5 Å². The lowest BCUT2D eigenvalue weighted by atomic mass is 9.90. The summed E-state index contributed by atoms with van der Waals surface area (Å²) in [5, 5.41) is 15.9. The summed E-state index contributed by atoms with van der Waals surface area (Å²) in [6, 6.07) is 7.28. The Labute approximate surface area is 199 Å². The monoisotopic (exact) mass is 469 g/mol. The third-order valence-corrected chi connectivity index (χ3v) is 5.58. The smallest absolute Gasteiger partial charge is 0.331 e. The summed E-state index contributed by atoms with van der Waals surface area (Å²) in [6.45, 7) is 10.7.